The molecule has 0 amide bonds. The zero-order chi connectivity index (χ0) is 17.3. The highest BCUT2D eigenvalue weighted by molar-refractivity contribution is 5.91. The second kappa shape index (κ2) is 5.17. The maximum Gasteiger partial charge on any atom is 0.155 e. The number of rotatable bonds is 1. The van der Waals surface area contributed by atoms with Gasteiger partial charge in [0.25, 0.3) is 0 Å². The lowest BCUT2D eigenvalue weighted by Gasteiger charge is -2.60. The summed E-state index contributed by atoms with van der Waals surface area (Å²) in [4.78, 5) is 12.0. The Bertz CT molecular complexity index is 592. The molecule has 0 heterocycles. The summed E-state index contributed by atoms with van der Waals surface area (Å²) in [6, 6.07) is 0. The van der Waals surface area contributed by atoms with Gasteiger partial charge in [-0.15, -0.1) is 0 Å². The summed E-state index contributed by atoms with van der Waals surface area (Å²) < 4.78 is 0. The topological polar surface area (TPSA) is 57.5 Å². The van der Waals surface area contributed by atoms with E-state index < -0.39 is 5.60 Å². The Kier molecular flexibility index (Phi) is 3.61. The van der Waals surface area contributed by atoms with Gasteiger partial charge >= 0.3 is 0 Å². The summed E-state index contributed by atoms with van der Waals surface area (Å²) in [7, 11) is 0. The highest BCUT2D eigenvalue weighted by Gasteiger charge is 2.63. The molecule has 0 aromatic carbocycles. The van der Waals surface area contributed by atoms with Crippen molar-refractivity contribution < 1.29 is 15.0 Å². The molecule has 0 saturated heterocycles. The lowest BCUT2D eigenvalue weighted by molar-refractivity contribution is -0.134. The molecule has 4 aliphatic rings. The summed E-state index contributed by atoms with van der Waals surface area (Å²) in [5.74, 6) is 2.21. The van der Waals surface area contributed by atoms with Gasteiger partial charge in [-0.1, -0.05) is 19.4 Å². The molecule has 0 aromatic heterocycles. The van der Waals surface area contributed by atoms with Crippen LogP contribution in [0.15, 0.2) is 11.6 Å². The lowest BCUT2D eigenvalue weighted by Crippen LogP contribution is -2.56. The van der Waals surface area contributed by atoms with Gasteiger partial charge in [0.15, 0.2) is 5.78 Å². The Hall–Kier alpha value is -0.670. The van der Waals surface area contributed by atoms with Crippen LogP contribution in [0.3, 0.4) is 0 Å². The van der Waals surface area contributed by atoms with Crippen molar-refractivity contribution in [3.63, 3.8) is 0 Å². The normalized spacial score (nSPS) is 53.9. The Morgan fingerprint density at radius 1 is 1.17 bits per heavy atom. The molecule has 0 unspecified atom stereocenters. The average Bonchev–Trinajstić information content (AvgIpc) is 2.78. The van der Waals surface area contributed by atoms with Gasteiger partial charge in [-0.3, -0.25) is 4.79 Å². The molecule has 134 valence electrons. The highest BCUT2D eigenvalue weighted by Crippen LogP contribution is 2.68. The van der Waals surface area contributed by atoms with E-state index in [0.717, 1.165) is 38.5 Å². The number of ketones is 1. The smallest absolute Gasteiger partial charge is 0.155 e. The minimum Gasteiger partial charge on any atom is -0.395 e. The molecule has 3 saturated carbocycles. The zero-order valence-corrected chi connectivity index (χ0v) is 15.3. The summed E-state index contributed by atoms with van der Waals surface area (Å²) >= 11 is 0. The van der Waals surface area contributed by atoms with Gasteiger partial charge < -0.3 is 10.2 Å². The first-order valence-electron chi connectivity index (χ1n) is 9.83. The van der Waals surface area contributed by atoms with E-state index in [9.17, 15) is 15.0 Å². The lowest BCUT2D eigenvalue weighted by atomic mass is 9.44. The fraction of sp³-hybridized carbons (Fsp3) is 0.857. The number of carbonyl (C=O) groups excluding carboxylic acids is 1. The molecule has 0 bridgehead atoms. The molecular weight excluding hydrogens is 300 g/mol. The van der Waals surface area contributed by atoms with Crippen LogP contribution in [-0.2, 0) is 4.79 Å². The number of aliphatic hydroxyl groups excluding tert-OH is 1. The maximum absolute atomic E-state index is 12.0. The van der Waals surface area contributed by atoms with E-state index in [-0.39, 0.29) is 23.2 Å². The molecular formula is C21H32O3. The van der Waals surface area contributed by atoms with E-state index in [2.05, 4.69) is 13.8 Å². The minimum atomic E-state index is -0.559. The third-order valence-corrected chi connectivity index (χ3v) is 8.86. The van der Waals surface area contributed by atoms with Crippen LogP contribution in [-0.4, -0.2) is 28.2 Å². The quantitative estimate of drug-likeness (QED) is 0.773. The Morgan fingerprint density at radius 2 is 1.88 bits per heavy atom. The molecule has 7 atom stereocenters. The molecule has 3 nitrogen and oxygen atoms in total. The van der Waals surface area contributed by atoms with Gasteiger partial charge in [0.1, 0.15) is 0 Å². The summed E-state index contributed by atoms with van der Waals surface area (Å²) in [6.07, 6.45) is 8.52. The average molecular weight is 332 g/mol. The van der Waals surface area contributed by atoms with Crippen LogP contribution in [0.25, 0.3) is 0 Å². The molecule has 4 rings (SSSR count). The third kappa shape index (κ3) is 1.94. The van der Waals surface area contributed by atoms with E-state index in [1.807, 2.05) is 13.0 Å². The van der Waals surface area contributed by atoms with Crippen molar-refractivity contribution in [1.29, 1.82) is 0 Å². The van der Waals surface area contributed by atoms with E-state index in [1.165, 1.54) is 5.57 Å². The summed E-state index contributed by atoms with van der Waals surface area (Å²) in [5, 5.41) is 21.4. The van der Waals surface area contributed by atoms with Crippen LogP contribution in [0.4, 0.5) is 0 Å². The summed E-state index contributed by atoms with van der Waals surface area (Å²) in [6.45, 7) is 6.75. The van der Waals surface area contributed by atoms with Crippen LogP contribution in [0.2, 0.25) is 0 Å². The molecule has 2 N–H and O–H groups in total. The maximum atomic E-state index is 12.0. The SMILES string of the molecule is C[C@H]1C[C@@H]2[C@H](CC[C@@]3(C)[C@H]2CC[C@]3(C)O)[C@@]2(CO)CCC(=O)C=C12. The fourth-order valence-electron chi connectivity index (χ4n) is 7.28. The number of fused-ring (bicyclic) bond motifs is 5. The number of aliphatic hydroxyl groups is 2. The van der Waals surface area contributed by atoms with Crippen molar-refractivity contribution in [1.82, 2.24) is 0 Å². The van der Waals surface area contributed by atoms with Gasteiger partial charge in [0.2, 0.25) is 0 Å². The van der Waals surface area contributed by atoms with Crippen LogP contribution in [0, 0.1) is 34.5 Å². The molecule has 0 spiro atoms. The zero-order valence-electron chi connectivity index (χ0n) is 15.3. The largest absolute Gasteiger partial charge is 0.395 e. The molecule has 4 aliphatic carbocycles. The monoisotopic (exact) mass is 332 g/mol. The number of hydrogen-bond acceptors (Lipinski definition) is 3. The van der Waals surface area contributed by atoms with E-state index in [4.69, 9.17) is 0 Å². The van der Waals surface area contributed by atoms with Gasteiger partial charge in [-0.25, -0.2) is 0 Å². The first-order valence-corrected chi connectivity index (χ1v) is 9.83. The number of carbonyl (C=O) groups is 1. The van der Waals surface area contributed by atoms with Crippen molar-refractivity contribution in [3.8, 4) is 0 Å². The highest BCUT2D eigenvalue weighted by atomic mass is 16.3. The van der Waals surface area contributed by atoms with Crippen molar-refractivity contribution >= 4 is 5.78 Å². The summed E-state index contributed by atoms with van der Waals surface area (Å²) in [5.41, 5.74) is 0.509. The Balaban J connectivity index is 1.76. The van der Waals surface area contributed by atoms with Crippen LogP contribution in [0.5, 0.6) is 0 Å². The Labute approximate surface area is 145 Å². The van der Waals surface area contributed by atoms with Crippen molar-refractivity contribution in [2.75, 3.05) is 6.61 Å². The molecule has 3 fully saturated rings. The second-order valence-corrected chi connectivity index (χ2v) is 9.66. The van der Waals surface area contributed by atoms with Crippen molar-refractivity contribution in [2.24, 2.45) is 34.5 Å². The van der Waals surface area contributed by atoms with Gasteiger partial charge in [0.05, 0.1) is 12.2 Å². The first kappa shape index (κ1) is 16.8. The molecule has 0 radical (unpaired) electrons. The van der Waals surface area contributed by atoms with Gasteiger partial charge in [0, 0.05) is 11.8 Å². The van der Waals surface area contributed by atoms with E-state index in [0.29, 0.717) is 30.1 Å². The van der Waals surface area contributed by atoms with Crippen LogP contribution < -0.4 is 0 Å². The molecule has 0 aliphatic heterocycles. The molecule has 0 aromatic rings. The predicted molar refractivity (Wildman–Crippen MR) is 93.3 cm³/mol. The van der Waals surface area contributed by atoms with Crippen LogP contribution >= 0.6 is 0 Å². The number of hydrogen-bond donors (Lipinski definition) is 2. The Morgan fingerprint density at radius 3 is 2.58 bits per heavy atom. The van der Waals surface area contributed by atoms with Crippen molar-refractivity contribution in [3.05, 3.63) is 11.6 Å². The second-order valence-electron chi connectivity index (χ2n) is 9.66. The van der Waals surface area contributed by atoms with Gasteiger partial charge in [-0.2, -0.15) is 0 Å². The van der Waals surface area contributed by atoms with E-state index >= 15 is 0 Å². The molecule has 24 heavy (non-hydrogen) atoms. The van der Waals surface area contributed by atoms with Gasteiger partial charge in [-0.05, 0) is 80.6 Å². The minimum absolute atomic E-state index is 0.0102. The molecule has 3 heteroatoms. The van der Waals surface area contributed by atoms with Crippen molar-refractivity contribution in [2.45, 2.75) is 71.3 Å². The first-order chi connectivity index (χ1) is 11.2. The predicted octanol–water partition coefficient (Wildman–Crippen LogP) is 3.49. The standard InChI is InChI=1S/C21H32O3/c1-13-10-15-16-6-8-20(3,24)19(16,2)7-5-17(15)21(12-22)9-4-14(23)11-18(13)21/h11,13,15-17,22,24H,4-10,12H2,1-3H3/t13-,15-,16-,17-,19-,20-,21-/m0/s1. The third-order valence-electron chi connectivity index (χ3n) is 8.86. The van der Waals surface area contributed by atoms with E-state index in [1.54, 1.807) is 0 Å². The van der Waals surface area contributed by atoms with Crippen LogP contribution in [0.1, 0.15) is 65.7 Å². The fourth-order valence-corrected chi connectivity index (χ4v) is 7.28.